The van der Waals surface area contributed by atoms with E-state index in [1.165, 1.54) is 5.56 Å². The molecular weight excluding hydrogens is 192 g/mol. The van der Waals surface area contributed by atoms with E-state index in [4.69, 9.17) is 11.5 Å². The van der Waals surface area contributed by atoms with Gasteiger partial charge in [-0.1, -0.05) is 30.3 Å². The van der Waals surface area contributed by atoms with Gasteiger partial charge in [0.2, 0.25) is 0 Å². The molecule has 4 N–H and O–H groups in total. The van der Waals surface area contributed by atoms with Crippen LogP contribution in [0.15, 0.2) is 30.3 Å². The zero-order valence-electron chi connectivity index (χ0n) is 8.56. The van der Waals surface area contributed by atoms with Crippen molar-refractivity contribution in [2.45, 2.75) is 18.9 Å². The summed E-state index contributed by atoms with van der Waals surface area (Å²) < 4.78 is 4.61. The van der Waals surface area contributed by atoms with Crippen molar-refractivity contribution in [3.05, 3.63) is 35.9 Å². The van der Waals surface area contributed by atoms with Crippen molar-refractivity contribution in [1.82, 2.24) is 0 Å². The number of ether oxygens (including phenoxy) is 1. The lowest BCUT2D eigenvalue weighted by molar-refractivity contribution is 0.153. The zero-order chi connectivity index (χ0) is 11.1. The molecule has 82 valence electrons. The summed E-state index contributed by atoms with van der Waals surface area (Å²) in [6, 6.07) is 9.95. The number of amides is 1. The lowest BCUT2D eigenvalue weighted by atomic mass is 10.0. The van der Waals surface area contributed by atoms with Crippen LogP contribution in [0.4, 0.5) is 4.79 Å². The summed E-state index contributed by atoms with van der Waals surface area (Å²) in [6.45, 7) is 0.281. The summed E-state index contributed by atoms with van der Waals surface area (Å²) in [5, 5.41) is 0. The van der Waals surface area contributed by atoms with Crippen LogP contribution in [0.3, 0.4) is 0 Å². The van der Waals surface area contributed by atoms with Crippen LogP contribution < -0.4 is 11.5 Å². The summed E-state index contributed by atoms with van der Waals surface area (Å²) in [7, 11) is 0. The van der Waals surface area contributed by atoms with Gasteiger partial charge >= 0.3 is 6.09 Å². The molecule has 0 spiro atoms. The maximum atomic E-state index is 10.3. The topological polar surface area (TPSA) is 78.3 Å². The Kier molecular flexibility index (Phi) is 4.63. The van der Waals surface area contributed by atoms with E-state index in [9.17, 15) is 4.79 Å². The van der Waals surface area contributed by atoms with E-state index in [-0.39, 0.29) is 12.6 Å². The summed E-state index contributed by atoms with van der Waals surface area (Å²) in [6.07, 6.45) is 0.655. The second kappa shape index (κ2) is 6.03. The lowest BCUT2D eigenvalue weighted by Crippen LogP contribution is -2.26. The Morgan fingerprint density at radius 1 is 1.33 bits per heavy atom. The maximum Gasteiger partial charge on any atom is 0.404 e. The molecule has 1 aromatic rings. The Morgan fingerprint density at radius 3 is 2.60 bits per heavy atom. The van der Waals surface area contributed by atoms with Gasteiger partial charge in [-0.25, -0.2) is 4.79 Å². The quantitative estimate of drug-likeness (QED) is 0.758. The van der Waals surface area contributed by atoms with Crippen LogP contribution in [-0.2, 0) is 11.2 Å². The molecule has 1 amide bonds. The highest BCUT2D eigenvalue weighted by atomic mass is 16.5. The van der Waals surface area contributed by atoms with Crippen LogP contribution in [0.25, 0.3) is 0 Å². The molecule has 0 aliphatic rings. The Morgan fingerprint density at radius 2 is 2.00 bits per heavy atom. The SMILES string of the molecule is NC(=O)OCC[C@H](N)Cc1ccccc1. The molecule has 4 heteroatoms. The monoisotopic (exact) mass is 208 g/mol. The van der Waals surface area contributed by atoms with Gasteiger partial charge in [0.1, 0.15) is 0 Å². The fraction of sp³-hybridized carbons (Fsp3) is 0.364. The number of nitrogens with two attached hydrogens (primary N) is 2. The molecule has 1 aromatic carbocycles. The molecular formula is C11H16N2O2. The molecule has 0 fully saturated rings. The Balaban J connectivity index is 2.24. The predicted octanol–water partition coefficient (Wildman–Crippen LogP) is 1.04. The van der Waals surface area contributed by atoms with Crippen LogP contribution in [0.1, 0.15) is 12.0 Å². The van der Waals surface area contributed by atoms with Gasteiger partial charge < -0.3 is 16.2 Å². The molecule has 0 aliphatic heterocycles. The normalized spacial score (nSPS) is 12.1. The number of hydrogen-bond donors (Lipinski definition) is 2. The van der Waals surface area contributed by atoms with E-state index in [1.807, 2.05) is 30.3 Å². The van der Waals surface area contributed by atoms with Crippen molar-refractivity contribution >= 4 is 6.09 Å². The van der Waals surface area contributed by atoms with E-state index in [1.54, 1.807) is 0 Å². The summed E-state index contributed by atoms with van der Waals surface area (Å²) in [4.78, 5) is 10.3. The molecule has 0 bridgehead atoms. The third kappa shape index (κ3) is 5.02. The Labute approximate surface area is 89.2 Å². The zero-order valence-corrected chi connectivity index (χ0v) is 8.56. The second-order valence-electron chi connectivity index (χ2n) is 3.41. The highest BCUT2D eigenvalue weighted by Gasteiger charge is 2.04. The molecule has 0 saturated carbocycles. The minimum Gasteiger partial charge on any atom is -0.450 e. The van der Waals surface area contributed by atoms with Gasteiger partial charge in [0, 0.05) is 6.04 Å². The summed E-state index contributed by atoms with van der Waals surface area (Å²) >= 11 is 0. The maximum absolute atomic E-state index is 10.3. The number of carbonyl (C=O) groups is 1. The molecule has 0 heterocycles. The Hall–Kier alpha value is -1.55. The molecule has 0 aromatic heterocycles. The van der Waals surface area contributed by atoms with Crippen molar-refractivity contribution in [2.75, 3.05) is 6.61 Å². The second-order valence-corrected chi connectivity index (χ2v) is 3.41. The van der Waals surface area contributed by atoms with Crippen LogP contribution in [0.5, 0.6) is 0 Å². The smallest absolute Gasteiger partial charge is 0.404 e. The van der Waals surface area contributed by atoms with E-state index < -0.39 is 6.09 Å². The number of rotatable bonds is 5. The van der Waals surface area contributed by atoms with Crippen LogP contribution in [0, 0.1) is 0 Å². The van der Waals surface area contributed by atoms with Crippen molar-refractivity contribution in [2.24, 2.45) is 11.5 Å². The highest BCUT2D eigenvalue weighted by Crippen LogP contribution is 2.03. The van der Waals surface area contributed by atoms with Crippen molar-refractivity contribution < 1.29 is 9.53 Å². The van der Waals surface area contributed by atoms with Crippen LogP contribution in [-0.4, -0.2) is 18.7 Å². The molecule has 0 unspecified atom stereocenters. The first-order valence-electron chi connectivity index (χ1n) is 4.90. The third-order valence-corrected chi connectivity index (χ3v) is 2.07. The molecule has 1 rings (SSSR count). The van der Waals surface area contributed by atoms with Gasteiger partial charge in [-0.05, 0) is 18.4 Å². The first-order chi connectivity index (χ1) is 7.18. The molecule has 0 radical (unpaired) electrons. The molecule has 0 saturated heterocycles. The summed E-state index contributed by atoms with van der Waals surface area (Å²) in [5.41, 5.74) is 11.9. The van der Waals surface area contributed by atoms with Crippen LogP contribution >= 0.6 is 0 Å². The average molecular weight is 208 g/mol. The van der Waals surface area contributed by atoms with Crippen LogP contribution in [0.2, 0.25) is 0 Å². The van der Waals surface area contributed by atoms with Gasteiger partial charge in [0.15, 0.2) is 0 Å². The number of hydrogen-bond acceptors (Lipinski definition) is 3. The fourth-order valence-electron chi connectivity index (χ4n) is 1.33. The first-order valence-corrected chi connectivity index (χ1v) is 4.90. The van der Waals surface area contributed by atoms with Gasteiger partial charge in [0.25, 0.3) is 0 Å². The standard InChI is InChI=1S/C11H16N2O2/c12-10(6-7-15-11(13)14)8-9-4-2-1-3-5-9/h1-5,10H,6-8,12H2,(H2,13,14)/t10-/m0/s1. The molecule has 4 nitrogen and oxygen atoms in total. The fourth-order valence-corrected chi connectivity index (χ4v) is 1.33. The lowest BCUT2D eigenvalue weighted by Gasteiger charge is -2.10. The largest absolute Gasteiger partial charge is 0.450 e. The van der Waals surface area contributed by atoms with E-state index >= 15 is 0 Å². The number of benzene rings is 1. The minimum absolute atomic E-state index is 0.00764. The van der Waals surface area contributed by atoms with Gasteiger partial charge in [-0.3, -0.25) is 0 Å². The Bertz CT molecular complexity index is 301. The van der Waals surface area contributed by atoms with Gasteiger partial charge in [0.05, 0.1) is 6.61 Å². The molecule has 15 heavy (non-hydrogen) atoms. The third-order valence-electron chi connectivity index (χ3n) is 2.07. The van der Waals surface area contributed by atoms with Crippen molar-refractivity contribution in [1.29, 1.82) is 0 Å². The van der Waals surface area contributed by atoms with Crippen molar-refractivity contribution in [3.63, 3.8) is 0 Å². The molecule has 0 aliphatic carbocycles. The highest BCUT2D eigenvalue weighted by molar-refractivity contribution is 5.64. The summed E-state index contributed by atoms with van der Waals surface area (Å²) in [5.74, 6) is 0. The van der Waals surface area contributed by atoms with Gasteiger partial charge in [-0.15, -0.1) is 0 Å². The van der Waals surface area contributed by atoms with E-state index in [0.29, 0.717) is 6.42 Å². The van der Waals surface area contributed by atoms with Crippen molar-refractivity contribution in [3.8, 4) is 0 Å². The van der Waals surface area contributed by atoms with E-state index in [2.05, 4.69) is 4.74 Å². The predicted molar refractivity (Wildman–Crippen MR) is 58.3 cm³/mol. The average Bonchev–Trinajstić information content (AvgIpc) is 2.18. The number of carbonyl (C=O) groups excluding carboxylic acids is 1. The minimum atomic E-state index is -0.748. The first kappa shape index (κ1) is 11.5. The molecule has 1 atom stereocenters. The number of primary amides is 1. The van der Waals surface area contributed by atoms with Gasteiger partial charge in [-0.2, -0.15) is 0 Å². The van der Waals surface area contributed by atoms with E-state index in [0.717, 1.165) is 6.42 Å².